The molecule has 0 aliphatic rings. The van der Waals surface area contributed by atoms with Crippen LogP contribution in [0.25, 0.3) is 0 Å². The van der Waals surface area contributed by atoms with Gasteiger partial charge in [-0.1, -0.05) is 66.9 Å². The lowest BCUT2D eigenvalue weighted by Crippen LogP contribution is -2.45. The van der Waals surface area contributed by atoms with Gasteiger partial charge in [0.2, 0.25) is 0 Å². The summed E-state index contributed by atoms with van der Waals surface area (Å²) in [6, 6.07) is 12.1. The van der Waals surface area contributed by atoms with Crippen LogP contribution in [0.4, 0.5) is 0 Å². The Hall–Kier alpha value is -0.429. The first kappa shape index (κ1) is 17.6. The Kier molecular flexibility index (Phi) is 5.78. The molecule has 0 heterocycles. The monoisotopic (exact) mass is 322 g/mol. The van der Waals surface area contributed by atoms with E-state index in [1.54, 1.807) is 0 Å². The molecule has 0 amide bonds. The maximum Gasteiger partial charge on any atom is 0.197 e. The summed E-state index contributed by atoms with van der Waals surface area (Å²) in [5, 5.41) is 1.49. The molecule has 20 heavy (non-hydrogen) atoms. The molecule has 0 saturated carbocycles. The summed E-state index contributed by atoms with van der Waals surface area (Å²) in [6.07, 6.45) is 0. The van der Waals surface area contributed by atoms with Gasteiger partial charge in [0, 0.05) is 0 Å². The van der Waals surface area contributed by atoms with Crippen LogP contribution in [-0.2, 0) is 4.12 Å². The fourth-order valence-corrected chi connectivity index (χ4v) is 13.3. The van der Waals surface area contributed by atoms with Crippen molar-refractivity contribution in [2.24, 2.45) is 0 Å². The van der Waals surface area contributed by atoms with Gasteiger partial charge in [-0.15, -0.1) is 0 Å². The molecule has 0 fully saturated rings. The molecule has 0 aliphatic heterocycles. The highest BCUT2D eigenvalue weighted by Crippen LogP contribution is 2.19. The Bertz CT molecular complexity index is 450. The van der Waals surface area contributed by atoms with Crippen molar-refractivity contribution in [3.63, 3.8) is 0 Å². The van der Waals surface area contributed by atoms with Gasteiger partial charge in [-0.2, -0.15) is 0 Å². The van der Waals surface area contributed by atoms with Crippen molar-refractivity contribution in [3.05, 3.63) is 41.7 Å². The molecule has 1 aromatic rings. The molecule has 112 valence electrons. The van der Waals surface area contributed by atoms with Crippen LogP contribution in [0.15, 0.2) is 41.7 Å². The lowest BCUT2D eigenvalue weighted by Gasteiger charge is -2.32. The molecule has 0 saturated heterocycles. The van der Waals surface area contributed by atoms with Crippen LogP contribution in [0.5, 0.6) is 0 Å². The minimum Gasteiger partial charge on any atom is -0.453 e. The Balaban J connectivity index is 2.85. The van der Waals surface area contributed by atoms with Crippen molar-refractivity contribution >= 4 is 29.9 Å². The number of hydrogen-bond acceptors (Lipinski definition) is 1. The van der Waals surface area contributed by atoms with Gasteiger partial charge in [-0.3, -0.25) is 0 Å². The largest absolute Gasteiger partial charge is 0.453 e. The molecule has 0 aliphatic carbocycles. The van der Waals surface area contributed by atoms with Crippen molar-refractivity contribution in [2.75, 3.05) is 0 Å². The Morgan fingerprint density at radius 2 is 1.45 bits per heavy atom. The SMILES string of the molecule is CC[Si](C)(C)O[Si](C)(C)C=C[Si](C)(C)c1ccccc1. The van der Waals surface area contributed by atoms with Crippen LogP contribution in [0.1, 0.15) is 6.92 Å². The molecule has 4 heteroatoms. The summed E-state index contributed by atoms with van der Waals surface area (Å²) >= 11 is 0. The molecule has 0 radical (unpaired) electrons. The summed E-state index contributed by atoms with van der Waals surface area (Å²) in [7, 11) is -4.63. The van der Waals surface area contributed by atoms with Crippen molar-refractivity contribution in [1.29, 1.82) is 0 Å². The van der Waals surface area contributed by atoms with E-state index >= 15 is 0 Å². The first-order chi connectivity index (χ1) is 9.08. The second-order valence-electron chi connectivity index (χ2n) is 7.24. The lowest BCUT2D eigenvalue weighted by atomic mass is 10.4. The van der Waals surface area contributed by atoms with E-state index in [1.807, 2.05) is 0 Å². The van der Waals surface area contributed by atoms with Gasteiger partial charge in [0.15, 0.2) is 16.6 Å². The van der Waals surface area contributed by atoms with Gasteiger partial charge in [0.1, 0.15) is 8.07 Å². The summed E-state index contributed by atoms with van der Waals surface area (Å²) in [4.78, 5) is 0. The van der Waals surface area contributed by atoms with Crippen LogP contribution in [-0.4, -0.2) is 24.7 Å². The fourth-order valence-electron chi connectivity index (χ4n) is 2.19. The third-order valence-corrected chi connectivity index (χ3v) is 14.0. The van der Waals surface area contributed by atoms with Crippen LogP contribution in [0.3, 0.4) is 0 Å². The second-order valence-corrected chi connectivity index (χ2v) is 20.2. The maximum atomic E-state index is 6.52. The third kappa shape index (κ3) is 5.52. The summed E-state index contributed by atoms with van der Waals surface area (Å²) in [5.74, 6) is 0. The molecular formula is C16H30OSi3. The van der Waals surface area contributed by atoms with Gasteiger partial charge in [0.25, 0.3) is 0 Å². The van der Waals surface area contributed by atoms with Gasteiger partial charge in [-0.05, 0) is 32.2 Å². The Morgan fingerprint density at radius 3 is 1.95 bits per heavy atom. The number of benzene rings is 1. The average Bonchev–Trinajstić information content (AvgIpc) is 2.37. The van der Waals surface area contributed by atoms with Crippen LogP contribution in [0, 0.1) is 0 Å². The number of hydrogen-bond donors (Lipinski definition) is 0. The van der Waals surface area contributed by atoms with Crippen molar-refractivity contribution in [3.8, 4) is 0 Å². The van der Waals surface area contributed by atoms with Gasteiger partial charge >= 0.3 is 0 Å². The highest BCUT2D eigenvalue weighted by atomic mass is 28.4. The van der Waals surface area contributed by atoms with E-state index in [1.165, 1.54) is 11.2 Å². The predicted octanol–water partition coefficient (Wildman–Crippen LogP) is 4.68. The summed E-state index contributed by atoms with van der Waals surface area (Å²) in [5.41, 5.74) is 4.91. The molecular weight excluding hydrogens is 292 g/mol. The fraction of sp³-hybridized carbons (Fsp3) is 0.500. The Morgan fingerprint density at radius 1 is 0.900 bits per heavy atom. The second kappa shape index (κ2) is 6.56. The molecule has 0 atom stereocenters. The minimum atomic E-state index is -1.69. The zero-order valence-electron chi connectivity index (χ0n) is 14.2. The summed E-state index contributed by atoms with van der Waals surface area (Å²) in [6.45, 7) is 16.4. The standard InChI is InChI=1S/C16H30OSi3/c1-8-19(4,5)17-20(6,7)15-14-18(2,3)16-12-10-9-11-13-16/h9-15H,8H2,1-7H3. The zero-order chi connectivity index (χ0) is 15.4. The average molecular weight is 323 g/mol. The lowest BCUT2D eigenvalue weighted by molar-refractivity contribution is 0.556. The van der Waals surface area contributed by atoms with Crippen molar-refractivity contribution < 1.29 is 4.12 Å². The normalized spacial score (nSPS) is 13.9. The van der Waals surface area contributed by atoms with E-state index in [2.05, 4.69) is 87.9 Å². The van der Waals surface area contributed by atoms with E-state index in [-0.39, 0.29) is 0 Å². The topological polar surface area (TPSA) is 9.23 Å². The highest BCUT2D eigenvalue weighted by Gasteiger charge is 2.30. The number of rotatable bonds is 6. The Labute approximate surface area is 128 Å². The van der Waals surface area contributed by atoms with Gasteiger partial charge in [-0.25, -0.2) is 0 Å². The molecule has 0 aromatic heterocycles. The molecule has 1 aromatic carbocycles. The third-order valence-electron chi connectivity index (χ3n) is 3.81. The highest BCUT2D eigenvalue weighted by molar-refractivity contribution is 6.96. The first-order valence-electron chi connectivity index (χ1n) is 7.54. The molecule has 0 unspecified atom stereocenters. The van der Waals surface area contributed by atoms with Crippen LogP contribution >= 0.6 is 0 Å². The van der Waals surface area contributed by atoms with Gasteiger partial charge in [0.05, 0.1) is 0 Å². The van der Waals surface area contributed by atoms with E-state index in [0.29, 0.717) is 0 Å². The molecule has 1 nitrogen and oxygen atoms in total. The summed E-state index contributed by atoms with van der Waals surface area (Å²) < 4.78 is 6.52. The molecule has 0 N–H and O–H groups in total. The molecule has 0 spiro atoms. The van der Waals surface area contributed by atoms with E-state index in [4.69, 9.17) is 4.12 Å². The molecule has 1 rings (SSSR count). The van der Waals surface area contributed by atoms with Crippen molar-refractivity contribution in [1.82, 2.24) is 0 Å². The maximum absolute atomic E-state index is 6.52. The first-order valence-corrected chi connectivity index (χ1v) is 16.7. The van der Waals surface area contributed by atoms with E-state index in [9.17, 15) is 0 Å². The quantitative estimate of drug-likeness (QED) is 0.691. The van der Waals surface area contributed by atoms with E-state index in [0.717, 1.165) is 0 Å². The smallest absolute Gasteiger partial charge is 0.197 e. The van der Waals surface area contributed by atoms with Crippen molar-refractivity contribution in [2.45, 2.75) is 52.2 Å². The predicted molar refractivity (Wildman–Crippen MR) is 99.2 cm³/mol. The van der Waals surface area contributed by atoms with Crippen LogP contribution in [0.2, 0.25) is 45.3 Å². The van der Waals surface area contributed by atoms with E-state index < -0.39 is 24.7 Å². The van der Waals surface area contributed by atoms with Crippen LogP contribution < -0.4 is 5.19 Å². The minimum absolute atomic E-state index is 1.19. The molecule has 0 bridgehead atoms. The zero-order valence-corrected chi connectivity index (χ0v) is 17.2. The van der Waals surface area contributed by atoms with Gasteiger partial charge < -0.3 is 4.12 Å².